The highest BCUT2D eigenvalue weighted by molar-refractivity contribution is 5.00. The summed E-state index contributed by atoms with van der Waals surface area (Å²) in [5.74, 6) is 0. The zero-order valence-corrected chi connectivity index (χ0v) is 8.90. The molecule has 0 aromatic rings. The van der Waals surface area contributed by atoms with E-state index in [0.29, 0.717) is 0 Å². The topological polar surface area (TPSA) is 23.5 Å². The maximum absolute atomic E-state index is 9.16. The lowest BCUT2D eigenvalue weighted by atomic mass is 10.2. The molecule has 2 nitrogen and oxygen atoms in total. The fourth-order valence-electron chi connectivity index (χ4n) is 0.931. The van der Waals surface area contributed by atoms with Crippen molar-refractivity contribution < 1.29 is 5.11 Å². The summed E-state index contributed by atoms with van der Waals surface area (Å²) in [7, 11) is 1.93. The smallest absolute Gasteiger partial charge is 0.104 e. The minimum atomic E-state index is -0.334. The molecule has 0 rings (SSSR count). The molecule has 1 unspecified atom stereocenters. The van der Waals surface area contributed by atoms with Gasteiger partial charge in [-0.25, -0.2) is 0 Å². The number of nitrogens with zero attached hydrogens (tertiary/aromatic N) is 1. The van der Waals surface area contributed by atoms with Crippen LogP contribution in [-0.4, -0.2) is 29.8 Å². The summed E-state index contributed by atoms with van der Waals surface area (Å²) in [6.07, 6.45) is 10.1. The van der Waals surface area contributed by atoms with Gasteiger partial charge in [0.15, 0.2) is 0 Å². The summed E-state index contributed by atoms with van der Waals surface area (Å²) in [6, 6.07) is 0. The van der Waals surface area contributed by atoms with E-state index in [0.717, 1.165) is 19.4 Å². The molecule has 0 aromatic carbocycles. The molecule has 0 bridgehead atoms. The van der Waals surface area contributed by atoms with Gasteiger partial charge in [-0.15, -0.1) is 0 Å². The van der Waals surface area contributed by atoms with Gasteiger partial charge in [-0.05, 0) is 33.7 Å². The Bertz CT molecular complexity index is 161. The summed E-state index contributed by atoms with van der Waals surface area (Å²) in [4.78, 5) is 1.93. The van der Waals surface area contributed by atoms with Gasteiger partial charge in [0.05, 0.1) is 0 Å². The van der Waals surface area contributed by atoms with Gasteiger partial charge in [0, 0.05) is 6.54 Å². The summed E-state index contributed by atoms with van der Waals surface area (Å²) in [5.41, 5.74) is 0. The minimum Gasteiger partial charge on any atom is -0.379 e. The number of hydrogen-bond acceptors (Lipinski definition) is 2. The fraction of sp³-hybridized carbons (Fsp3) is 0.636. The minimum absolute atomic E-state index is 0.334. The predicted octanol–water partition coefficient (Wildman–Crippen LogP) is 2.17. The second kappa shape index (κ2) is 8.02. The predicted molar refractivity (Wildman–Crippen MR) is 57.5 cm³/mol. The van der Waals surface area contributed by atoms with Gasteiger partial charge >= 0.3 is 0 Å². The van der Waals surface area contributed by atoms with Gasteiger partial charge in [-0.1, -0.05) is 24.3 Å². The van der Waals surface area contributed by atoms with Crippen molar-refractivity contribution in [2.45, 2.75) is 32.9 Å². The van der Waals surface area contributed by atoms with Crippen molar-refractivity contribution in [1.29, 1.82) is 0 Å². The average molecular weight is 183 g/mol. The Hall–Kier alpha value is -0.600. The number of unbranched alkanes of at least 4 members (excludes halogenated alkanes) is 1. The van der Waals surface area contributed by atoms with Gasteiger partial charge in [-0.2, -0.15) is 0 Å². The molecule has 76 valence electrons. The Labute approximate surface area is 81.6 Å². The Morgan fingerprint density at radius 2 is 2.08 bits per heavy atom. The van der Waals surface area contributed by atoms with Crippen LogP contribution in [0, 0.1) is 0 Å². The van der Waals surface area contributed by atoms with Gasteiger partial charge in [0.25, 0.3) is 0 Å². The molecule has 0 aliphatic rings. The van der Waals surface area contributed by atoms with Crippen LogP contribution in [0.3, 0.4) is 0 Å². The molecule has 0 saturated carbocycles. The largest absolute Gasteiger partial charge is 0.379 e. The Morgan fingerprint density at radius 3 is 2.62 bits per heavy atom. The first-order chi connectivity index (χ1) is 6.18. The molecule has 0 aromatic heterocycles. The highest BCUT2D eigenvalue weighted by atomic mass is 16.3. The van der Waals surface area contributed by atoms with E-state index in [1.807, 2.05) is 31.0 Å². The molecule has 0 saturated heterocycles. The lowest BCUT2D eigenvalue weighted by molar-refractivity contribution is 0.0380. The summed E-state index contributed by atoms with van der Waals surface area (Å²) < 4.78 is 0. The van der Waals surface area contributed by atoms with E-state index < -0.39 is 0 Å². The van der Waals surface area contributed by atoms with E-state index in [9.17, 15) is 0 Å². The third-order valence-corrected chi connectivity index (χ3v) is 1.96. The maximum atomic E-state index is 9.16. The first kappa shape index (κ1) is 12.4. The molecule has 0 aliphatic carbocycles. The first-order valence-electron chi connectivity index (χ1n) is 4.84. The third-order valence-electron chi connectivity index (χ3n) is 1.96. The fourth-order valence-corrected chi connectivity index (χ4v) is 0.931. The zero-order chi connectivity index (χ0) is 10.1. The SMILES string of the molecule is CC=CC=CCCCN(C)C(C)O. The molecule has 0 radical (unpaired) electrons. The van der Waals surface area contributed by atoms with E-state index in [4.69, 9.17) is 5.11 Å². The molecule has 1 atom stereocenters. The molecular weight excluding hydrogens is 162 g/mol. The van der Waals surface area contributed by atoms with Crippen molar-refractivity contribution in [2.75, 3.05) is 13.6 Å². The summed E-state index contributed by atoms with van der Waals surface area (Å²) >= 11 is 0. The molecular formula is C11H21NO. The Balaban J connectivity index is 3.35. The monoisotopic (exact) mass is 183 g/mol. The van der Waals surface area contributed by atoms with Crippen molar-refractivity contribution in [3.8, 4) is 0 Å². The van der Waals surface area contributed by atoms with Crippen LogP contribution in [0.5, 0.6) is 0 Å². The average Bonchev–Trinajstić information content (AvgIpc) is 2.10. The van der Waals surface area contributed by atoms with Gasteiger partial charge < -0.3 is 5.11 Å². The number of allylic oxidation sites excluding steroid dienone is 4. The van der Waals surface area contributed by atoms with Crippen molar-refractivity contribution in [2.24, 2.45) is 0 Å². The third kappa shape index (κ3) is 7.75. The van der Waals surface area contributed by atoms with Gasteiger partial charge in [0.1, 0.15) is 6.23 Å². The van der Waals surface area contributed by atoms with Crippen LogP contribution in [0.15, 0.2) is 24.3 Å². The van der Waals surface area contributed by atoms with Crippen LogP contribution in [0.2, 0.25) is 0 Å². The van der Waals surface area contributed by atoms with Crippen LogP contribution in [-0.2, 0) is 0 Å². The van der Waals surface area contributed by atoms with Crippen molar-refractivity contribution in [3.63, 3.8) is 0 Å². The van der Waals surface area contributed by atoms with E-state index in [2.05, 4.69) is 12.2 Å². The number of hydrogen-bond donors (Lipinski definition) is 1. The molecule has 2 heteroatoms. The van der Waals surface area contributed by atoms with Crippen molar-refractivity contribution >= 4 is 0 Å². The quantitative estimate of drug-likeness (QED) is 0.387. The molecule has 0 amide bonds. The Kier molecular flexibility index (Phi) is 7.65. The lowest BCUT2D eigenvalue weighted by Crippen LogP contribution is -2.29. The normalized spacial score (nSPS) is 14.8. The molecule has 1 N–H and O–H groups in total. The summed E-state index contributed by atoms with van der Waals surface area (Å²) in [6.45, 7) is 4.74. The Morgan fingerprint density at radius 1 is 1.38 bits per heavy atom. The summed E-state index contributed by atoms with van der Waals surface area (Å²) in [5, 5.41) is 9.16. The lowest BCUT2D eigenvalue weighted by Gasteiger charge is -2.18. The number of aliphatic hydroxyl groups is 1. The number of rotatable bonds is 6. The molecule has 0 spiro atoms. The van der Waals surface area contributed by atoms with Gasteiger partial charge in [0.2, 0.25) is 0 Å². The second-order valence-electron chi connectivity index (χ2n) is 3.21. The van der Waals surface area contributed by atoms with Crippen LogP contribution < -0.4 is 0 Å². The van der Waals surface area contributed by atoms with Crippen molar-refractivity contribution in [1.82, 2.24) is 4.90 Å². The van der Waals surface area contributed by atoms with Crippen LogP contribution in [0.1, 0.15) is 26.7 Å². The van der Waals surface area contributed by atoms with E-state index in [1.165, 1.54) is 0 Å². The standard InChI is InChI=1S/C11H21NO/c1-4-5-6-7-8-9-10-12(3)11(2)13/h4-7,11,13H,8-10H2,1-3H3. The molecule has 0 aliphatic heterocycles. The zero-order valence-electron chi connectivity index (χ0n) is 8.90. The first-order valence-corrected chi connectivity index (χ1v) is 4.84. The van der Waals surface area contributed by atoms with E-state index in [1.54, 1.807) is 6.92 Å². The number of aliphatic hydroxyl groups excluding tert-OH is 1. The van der Waals surface area contributed by atoms with E-state index in [-0.39, 0.29) is 6.23 Å². The van der Waals surface area contributed by atoms with Gasteiger partial charge in [-0.3, -0.25) is 4.90 Å². The molecule has 0 fully saturated rings. The molecule has 0 heterocycles. The van der Waals surface area contributed by atoms with Crippen molar-refractivity contribution in [3.05, 3.63) is 24.3 Å². The van der Waals surface area contributed by atoms with Crippen LogP contribution in [0.4, 0.5) is 0 Å². The van der Waals surface area contributed by atoms with Crippen LogP contribution in [0.25, 0.3) is 0 Å². The van der Waals surface area contributed by atoms with E-state index >= 15 is 0 Å². The maximum Gasteiger partial charge on any atom is 0.104 e. The molecule has 13 heavy (non-hydrogen) atoms. The van der Waals surface area contributed by atoms with Crippen LogP contribution >= 0.6 is 0 Å². The highest BCUT2D eigenvalue weighted by Gasteiger charge is 2.01. The second-order valence-corrected chi connectivity index (χ2v) is 3.21. The highest BCUT2D eigenvalue weighted by Crippen LogP contribution is 1.97.